The second kappa shape index (κ2) is 4.38. The van der Waals surface area contributed by atoms with Gasteiger partial charge in [-0.25, -0.2) is 4.39 Å². The highest BCUT2D eigenvalue weighted by atomic mass is 79.9. The molecule has 0 spiro atoms. The van der Waals surface area contributed by atoms with E-state index in [4.69, 9.17) is 0 Å². The number of thiophene rings is 1. The molecule has 2 aromatic rings. The molecule has 2 nitrogen and oxygen atoms in total. The maximum absolute atomic E-state index is 12.9. The molecule has 0 saturated carbocycles. The van der Waals surface area contributed by atoms with E-state index in [-0.39, 0.29) is 0 Å². The first-order chi connectivity index (χ1) is 7.16. The van der Waals surface area contributed by atoms with Crippen LogP contribution in [0, 0.1) is 5.82 Å². The average molecular weight is 288 g/mol. The molecule has 0 radical (unpaired) electrons. The van der Waals surface area contributed by atoms with E-state index >= 15 is 0 Å². The second-order valence-corrected chi connectivity index (χ2v) is 5.31. The molecule has 0 aromatic carbocycles. The third kappa shape index (κ3) is 2.42. The Morgan fingerprint density at radius 1 is 1.33 bits per heavy atom. The van der Waals surface area contributed by atoms with Crippen molar-refractivity contribution < 1.29 is 9.50 Å². The summed E-state index contributed by atoms with van der Waals surface area (Å²) in [6, 6.07) is 3.09. The largest absolute Gasteiger partial charge is 0.384 e. The number of hydrogen-bond acceptors (Lipinski definition) is 3. The van der Waals surface area contributed by atoms with Crippen LogP contribution in [0.3, 0.4) is 0 Å². The van der Waals surface area contributed by atoms with Crippen molar-refractivity contribution in [3.05, 3.63) is 50.6 Å². The molecule has 0 amide bonds. The fraction of sp³-hybridized carbons (Fsp3) is 0.100. The van der Waals surface area contributed by atoms with Gasteiger partial charge >= 0.3 is 0 Å². The molecule has 1 atom stereocenters. The van der Waals surface area contributed by atoms with Crippen LogP contribution in [0.4, 0.5) is 4.39 Å². The Kier molecular flexibility index (Phi) is 3.14. The lowest BCUT2D eigenvalue weighted by Gasteiger charge is -2.08. The van der Waals surface area contributed by atoms with Gasteiger partial charge in [0.15, 0.2) is 0 Å². The van der Waals surface area contributed by atoms with Crippen LogP contribution in [0.2, 0.25) is 0 Å². The summed E-state index contributed by atoms with van der Waals surface area (Å²) >= 11 is 4.78. The summed E-state index contributed by atoms with van der Waals surface area (Å²) < 4.78 is 13.8. The van der Waals surface area contributed by atoms with Crippen molar-refractivity contribution in [3.63, 3.8) is 0 Å². The number of aromatic nitrogens is 1. The molecule has 0 aliphatic heterocycles. The van der Waals surface area contributed by atoms with Crippen LogP contribution in [-0.2, 0) is 0 Å². The van der Waals surface area contributed by atoms with Gasteiger partial charge in [-0.3, -0.25) is 4.98 Å². The van der Waals surface area contributed by atoms with E-state index in [2.05, 4.69) is 20.9 Å². The molecule has 0 aliphatic rings. The minimum atomic E-state index is -0.823. The molecule has 0 aliphatic carbocycles. The maximum Gasteiger partial charge on any atom is 0.141 e. The van der Waals surface area contributed by atoms with Gasteiger partial charge in [0.25, 0.3) is 0 Å². The zero-order chi connectivity index (χ0) is 10.8. The Morgan fingerprint density at radius 3 is 2.73 bits per heavy atom. The smallest absolute Gasteiger partial charge is 0.141 e. The second-order valence-electron chi connectivity index (χ2n) is 3.02. The van der Waals surface area contributed by atoms with Crippen molar-refractivity contribution in [1.82, 2.24) is 4.98 Å². The van der Waals surface area contributed by atoms with Crippen molar-refractivity contribution in [2.75, 3.05) is 0 Å². The van der Waals surface area contributed by atoms with E-state index < -0.39 is 11.9 Å². The van der Waals surface area contributed by atoms with Crippen molar-refractivity contribution in [2.45, 2.75) is 6.10 Å². The summed E-state index contributed by atoms with van der Waals surface area (Å²) in [7, 11) is 0. The van der Waals surface area contributed by atoms with Crippen LogP contribution in [0.25, 0.3) is 0 Å². The van der Waals surface area contributed by atoms with E-state index in [0.29, 0.717) is 5.56 Å². The number of pyridine rings is 1. The van der Waals surface area contributed by atoms with Gasteiger partial charge in [0, 0.05) is 11.8 Å². The van der Waals surface area contributed by atoms with Gasteiger partial charge in [-0.05, 0) is 39.0 Å². The Labute approximate surface area is 98.5 Å². The number of aliphatic hydroxyl groups is 1. The molecule has 15 heavy (non-hydrogen) atoms. The Morgan fingerprint density at radius 2 is 2.13 bits per heavy atom. The first kappa shape index (κ1) is 10.7. The molecule has 78 valence electrons. The number of hydrogen-bond donors (Lipinski definition) is 1. The lowest BCUT2D eigenvalue weighted by molar-refractivity contribution is 0.220. The van der Waals surface area contributed by atoms with Crippen molar-refractivity contribution >= 4 is 27.3 Å². The molecule has 0 saturated heterocycles. The van der Waals surface area contributed by atoms with Gasteiger partial charge in [-0.1, -0.05) is 0 Å². The topological polar surface area (TPSA) is 33.1 Å². The van der Waals surface area contributed by atoms with Crippen LogP contribution in [-0.4, -0.2) is 10.1 Å². The molecule has 1 N–H and O–H groups in total. The van der Waals surface area contributed by atoms with Gasteiger partial charge in [-0.15, -0.1) is 11.3 Å². The van der Waals surface area contributed by atoms with E-state index in [1.165, 1.54) is 23.6 Å². The number of aliphatic hydroxyl groups excluding tert-OH is 1. The Hall–Kier alpha value is -0.780. The third-order valence-corrected chi connectivity index (χ3v) is 3.47. The maximum atomic E-state index is 12.9. The predicted octanol–water partition coefficient (Wildman–Crippen LogP) is 3.13. The van der Waals surface area contributed by atoms with Crippen LogP contribution < -0.4 is 0 Å². The first-order valence-electron chi connectivity index (χ1n) is 4.19. The Bertz CT molecular complexity index is 474. The van der Waals surface area contributed by atoms with Gasteiger partial charge in [0.1, 0.15) is 11.9 Å². The molecule has 5 heteroatoms. The van der Waals surface area contributed by atoms with E-state index in [9.17, 15) is 9.50 Å². The van der Waals surface area contributed by atoms with Crippen LogP contribution in [0.15, 0.2) is 33.7 Å². The van der Waals surface area contributed by atoms with Crippen molar-refractivity contribution in [1.29, 1.82) is 0 Å². The summed E-state index contributed by atoms with van der Waals surface area (Å²) in [4.78, 5) is 3.69. The molecular formula is C10H7BrFNOS. The van der Waals surface area contributed by atoms with Crippen molar-refractivity contribution in [2.24, 2.45) is 0 Å². The van der Waals surface area contributed by atoms with Gasteiger partial charge in [-0.2, -0.15) is 0 Å². The summed E-state index contributed by atoms with van der Waals surface area (Å²) in [5, 5.41) is 11.7. The standard InChI is InChI=1S/C10H7BrFNOS/c11-9-2-7(5-15-9)10(14)6-1-8(12)4-13-3-6/h1-5,10,14H. The average Bonchev–Trinajstić information content (AvgIpc) is 2.64. The monoisotopic (exact) mass is 287 g/mol. The molecular weight excluding hydrogens is 281 g/mol. The molecule has 0 bridgehead atoms. The minimum Gasteiger partial charge on any atom is -0.384 e. The predicted molar refractivity (Wildman–Crippen MR) is 60.3 cm³/mol. The normalized spacial score (nSPS) is 12.7. The van der Waals surface area contributed by atoms with Gasteiger partial charge in [0.05, 0.1) is 9.98 Å². The van der Waals surface area contributed by atoms with Gasteiger partial charge < -0.3 is 5.11 Å². The van der Waals surface area contributed by atoms with Gasteiger partial charge in [0.2, 0.25) is 0 Å². The summed E-state index contributed by atoms with van der Waals surface area (Å²) in [6.45, 7) is 0. The van der Waals surface area contributed by atoms with Crippen LogP contribution >= 0.6 is 27.3 Å². The number of halogens is 2. The minimum absolute atomic E-state index is 0.444. The molecule has 2 rings (SSSR count). The SMILES string of the molecule is OC(c1cncc(F)c1)c1csc(Br)c1. The van der Waals surface area contributed by atoms with E-state index in [1.807, 2.05) is 5.38 Å². The molecule has 1 unspecified atom stereocenters. The molecule has 2 heterocycles. The lowest BCUT2D eigenvalue weighted by Crippen LogP contribution is -1.99. The highest BCUT2D eigenvalue weighted by Crippen LogP contribution is 2.28. The van der Waals surface area contributed by atoms with Crippen LogP contribution in [0.5, 0.6) is 0 Å². The number of nitrogens with zero attached hydrogens (tertiary/aromatic N) is 1. The fourth-order valence-electron chi connectivity index (χ4n) is 1.24. The summed E-state index contributed by atoms with van der Waals surface area (Å²) in [5.41, 5.74) is 1.19. The van der Waals surface area contributed by atoms with Crippen LogP contribution in [0.1, 0.15) is 17.2 Å². The first-order valence-corrected chi connectivity index (χ1v) is 5.86. The Balaban J connectivity index is 2.32. The molecule has 0 fully saturated rings. The summed E-state index contributed by atoms with van der Waals surface area (Å²) in [5.74, 6) is -0.444. The zero-order valence-electron chi connectivity index (χ0n) is 7.52. The van der Waals surface area contributed by atoms with E-state index in [1.54, 1.807) is 6.07 Å². The summed E-state index contributed by atoms with van der Waals surface area (Å²) in [6.07, 6.45) is 1.75. The zero-order valence-corrected chi connectivity index (χ0v) is 9.93. The molecule has 2 aromatic heterocycles. The quantitative estimate of drug-likeness (QED) is 0.921. The fourth-order valence-corrected chi connectivity index (χ4v) is 2.43. The highest BCUT2D eigenvalue weighted by Gasteiger charge is 2.12. The van der Waals surface area contributed by atoms with Crippen molar-refractivity contribution in [3.8, 4) is 0 Å². The highest BCUT2D eigenvalue weighted by molar-refractivity contribution is 9.11. The van der Waals surface area contributed by atoms with E-state index in [0.717, 1.165) is 15.5 Å². The third-order valence-electron chi connectivity index (χ3n) is 1.95. The number of rotatable bonds is 2. The lowest BCUT2D eigenvalue weighted by atomic mass is 10.1.